The zero-order chi connectivity index (χ0) is 20.5. The van der Waals surface area contributed by atoms with Crippen LogP contribution in [0.15, 0.2) is 48.5 Å². The van der Waals surface area contributed by atoms with E-state index in [0.29, 0.717) is 30.1 Å². The Balaban J connectivity index is 1.45. The van der Waals surface area contributed by atoms with Gasteiger partial charge in [-0.15, -0.1) is 0 Å². The molecule has 0 unspecified atom stereocenters. The number of nitrogens with one attached hydrogen (secondary N) is 1. The van der Waals surface area contributed by atoms with Gasteiger partial charge in [-0.05, 0) is 42.0 Å². The first kappa shape index (κ1) is 19.3. The number of piperazine rings is 2. The van der Waals surface area contributed by atoms with E-state index in [2.05, 4.69) is 5.32 Å². The summed E-state index contributed by atoms with van der Waals surface area (Å²) in [5.41, 5.74) is 1.34. The van der Waals surface area contributed by atoms with E-state index in [1.165, 1.54) is 0 Å². The Morgan fingerprint density at radius 2 is 1.76 bits per heavy atom. The lowest BCUT2D eigenvalue weighted by molar-refractivity contribution is -0.152. The standard InChI is InChI=1S/C21H20ClN3O4/c22-15-5-3-14(4-6-15)20(28)24-9-10-25-18(12-24)19(27)23-17(21(25)29)11-13-1-7-16(26)8-2-13/h1-8,17-18,26H,9-12H2,(H,23,27)/t17-,18+/m0/s1. The van der Waals surface area contributed by atoms with Crippen LogP contribution in [-0.2, 0) is 16.0 Å². The monoisotopic (exact) mass is 413 g/mol. The molecule has 8 heteroatoms. The van der Waals surface area contributed by atoms with Crippen LogP contribution < -0.4 is 5.32 Å². The number of halogens is 1. The Hall–Kier alpha value is -3.06. The molecule has 29 heavy (non-hydrogen) atoms. The minimum atomic E-state index is -0.691. The highest BCUT2D eigenvalue weighted by Crippen LogP contribution is 2.21. The predicted octanol–water partition coefficient (Wildman–Crippen LogP) is 1.44. The Morgan fingerprint density at radius 3 is 2.45 bits per heavy atom. The fourth-order valence-corrected chi connectivity index (χ4v) is 3.89. The molecule has 4 rings (SSSR count). The number of carbonyl (C=O) groups is 3. The van der Waals surface area contributed by atoms with Crippen molar-refractivity contribution < 1.29 is 19.5 Å². The smallest absolute Gasteiger partial charge is 0.254 e. The van der Waals surface area contributed by atoms with Gasteiger partial charge >= 0.3 is 0 Å². The Labute approximate surface area is 172 Å². The molecule has 0 spiro atoms. The molecule has 2 N–H and O–H groups in total. The lowest BCUT2D eigenvalue weighted by atomic mass is 9.98. The van der Waals surface area contributed by atoms with Crippen LogP contribution in [0, 0.1) is 0 Å². The van der Waals surface area contributed by atoms with Crippen LogP contribution in [0.4, 0.5) is 0 Å². The summed E-state index contributed by atoms with van der Waals surface area (Å²) in [4.78, 5) is 41.5. The molecule has 2 atom stereocenters. The summed E-state index contributed by atoms with van der Waals surface area (Å²) in [5.74, 6) is -0.453. The van der Waals surface area contributed by atoms with E-state index in [1.54, 1.807) is 58.3 Å². The van der Waals surface area contributed by atoms with Gasteiger partial charge < -0.3 is 20.2 Å². The first-order valence-electron chi connectivity index (χ1n) is 9.36. The molecule has 2 saturated heterocycles. The minimum Gasteiger partial charge on any atom is -0.508 e. The molecule has 2 aliphatic rings. The maximum Gasteiger partial charge on any atom is 0.254 e. The molecule has 0 bridgehead atoms. The van der Waals surface area contributed by atoms with Crippen LogP contribution in [0.5, 0.6) is 5.75 Å². The van der Waals surface area contributed by atoms with Crippen LogP contribution in [0.3, 0.4) is 0 Å². The molecule has 2 aromatic carbocycles. The molecule has 2 aliphatic heterocycles. The summed E-state index contributed by atoms with van der Waals surface area (Å²) >= 11 is 5.87. The van der Waals surface area contributed by atoms with Crippen molar-refractivity contribution >= 4 is 29.3 Å². The third kappa shape index (κ3) is 3.91. The highest BCUT2D eigenvalue weighted by atomic mass is 35.5. The van der Waals surface area contributed by atoms with Gasteiger partial charge in [-0.2, -0.15) is 0 Å². The maximum atomic E-state index is 12.9. The van der Waals surface area contributed by atoms with Crippen molar-refractivity contribution in [3.63, 3.8) is 0 Å². The maximum absolute atomic E-state index is 12.9. The third-order valence-electron chi connectivity index (χ3n) is 5.34. The number of hydrogen-bond donors (Lipinski definition) is 2. The number of fused-ring (bicyclic) bond motifs is 1. The molecular formula is C21H20ClN3O4. The molecule has 0 aromatic heterocycles. The normalized spacial score (nSPS) is 21.6. The average Bonchev–Trinajstić information content (AvgIpc) is 2.73. The molecule has 7 nitrogen and oxygen atoms in total. The summed E-state index contributed by atoms with van der Waals surface area (Å²) in [5, 5.41) is 12.7. The van der Waals surface area contributed by atoms with E-state index >= 15 is 0 Å². The molecule has 2 heterocycles. The van der Waals surface area contributed by atoms with Crippen molar-refractivity contribution in [2.24, 2.45) is 0 Å². The van der Waals surface area contributed by atoms with E-state index in [4.69, 9.17) is 11.6 Å². The van der Waals surface area contributed by atoms with Crippen molar-refractivity contribution in [1.82, 2.24) is 15.1 Å². The Bertz CT molecular complexity index is 945. The van der Waals surface area contributed by atoms with E-state index in [1.807, 2.05) is 0 Å². The summed E-state index contributed by atoms with van der Waals surface area (Å²) in [6.45, 7) is 0.830. The van der Waals surface area contributed by atoms with Crippen LogP contribution in [0.2, 0.25) is 5.02 Å². The number of rotatable bonds is 3. The van der Waals surface area contributed by atoms with Crippen molar-refractivity contribution in [2.45, 2.75) is 18.5 Å². The van der Waals surface area contributed by atoms with Gasteiger partial charge in [0.2, 0.25) is 11.8 Å². The van der Waals surface area contributed by atoms with Gasteiger partial charge in [0, 0.05) is 30.1 Å². The van der Waals surface area contributed by atoms with Gasteiger partial charge in [0.05, 0.1) is 6.54 Å². The second kappa shape index (κ2) is 7.75. The first-order chi connectivity index (χ1) is 13.9. The summed E-state index contributed by atoms with van der Waals surface area (Å²) < 4.78 is 0. The van der Waals surface area contributed by atoms with E-state index in [0.717, 1.165) is 5.56 Å². The van der Waals surface area contributed by atoms with Crippen LogP contribution in [-0.4, -0.2) is 64.3 Å². The molecule has 0 aliphatic carbocycles. The third-order valence-corrected chi connectivity index (χ3v) is 5.59. The van der Waals surface area contributed by atoms with E-state index in [-0.39, 0.29) is 30.0 Å². The number of amides is 3. The van der Waals surface area contributed by atoms with Crippen molar-refractivity contribution in [2.75, 3.05) is 19.6 Å². The number of carbonyl (C=O) groups excluding carboxylic acids is 3. The SMILES string of the molecule is O=C1N[C@@H](Cc2ccc(O)cc2)C(=O)N2CCN(C(=O)c3ccc(Cl)cc3)C[C@H]12. The highest BCUT2D eigenvalue weighted by molar-refractivity contribution is 6.30. The number of hydrogen-bond acceptors (Lipinski definition) is 4. The number of benzene rings is 2. The van der Waals surface area contributed by atoms with Crippen molar-refractivity contribution in [3.05, 3.63) is 64.7 Å². The van der Waals surface area contributed by atoms with Crippen molar-refractivity contribution in [1.29, 1.82) is 0 Å². The van der Waals surface area contributed by atoms with Crippen LogP contribution in [0.25, 0.3) is 0 Å². The summed E-state index contributed by atoms with van der Waals surface area (Å²) in [7, 11) is 0. The highest BCUT2D eigenvalue weighted by Gasteiger charge is 2.44. The average molecular weight is 414 g/mol. The molecule has 150 valence electrons. The zero-order valence-corrected chi connectivity index (χ0v) is 16.3. The van der Waals surface area contributed by atoms with Gasteiger partial charge in [0.1, 0.15) is 17.8 Å². The number of nitrogens with zero attached hydrogens (tertiary/aromatic N) is 2. The summed E-state index contributed by atoms with van der Waals surface area (Å²) in [6.07, 6.45) is 0.349. The van der Waals surface area contributed by atoms with E-state index < -0.39 is 12.1 Å². The zero-order valence-electron chi connectivity index (χ0n) is 15.5. The second-order valence-electron chi connectivity index (χ2n) is 7.24. The van der Waals surface area contributed by atoms with Gasteiger partial charge in [-0.3, -0.25) is 14.4 Å². The first-order valence-corrected chi connectivity index (χ1v) is 9.74. The lowest BCUT2D eigenvalue weighted by Gasteiger charge is -2.45. The number of phenols is 1. The van der Waals surface area contributed by atoms with Crippen LogP contribution in [0.1, 0.15) is 15.9 Å². The fraction of sp³-hybridized carbons (Fsp3) is 0.286. The van der Waals surface area contributed by atoms with Crippen molar-refractivity contribution in [3.8, 4) is 5.75 Å². The molecule has 2 aromatic rings. The van der Waals surface area contributed by atoms with Gasteiger partial charge in [0.25, 0.3) is 5.91 Å². The number of phenolic OH excluding ortho intramolecular Hbond substituents is 1. The largest absolute Gasteiger partial charge is 0.508 e. The predicted molar refractivity (Wildman–Crippen MR) is 107 cm³/mol. The number of aromatic hydroxyl groups is 1. The van der Waals surface area contributed by atoms with Gasteiger partial charge in [0.15, 0.2) is 0 Å². The Morgan fingerprint density at radius 1 is 1.07 bits per heavy atom. The Kier molecular flexibility index (Phi) is 5.15. The quantitative estimate of drug-likeness (QED) is 0.796. The second-order valence-corrected chi connectivity index (χ2v) is 7.67. The molecule has 0 saturated carbocycles. The lowest BCUT2D eigenvalue weighted by Crippen LogP contribution is -2.70. The topological polar surface area (TPSA) is 89.9 Å². The van der Waals surface area contributed by atoms with Crippen LogP contribution >= 0.6 is 11.6 Å². The molecule has 0 radical (unpaired) electrons. The van der Waals surface area contributed by atoms with E-state index in [9.17, 15) is 19.5 Å². The minimum absolute atomic E-state index is 0.147. The summed E-state index contributed by atoms with van der Waals surface area (Å²) in [6, 6.07) is 11.8. The molecular weight excluding hydrogens is 394 g/mol. The molecule has 3 amide bonds. The molecule has 2 fully saturated rings. The van der Waals surface area contributed by atoms with Gasteiger partial charge in [-0.25, -0.2) is 0 Å². The van der Waals surface area contributed by atoms with Gasteiger partial charge in [-0.1, -0.05) is 23.7 Å². The fourth-order valence-electron chi connectivity index (χ4n) is 3.77.